The monoisotopic (exact) mass is 345 g/mol. The smallest absolute Gasteiger partial charge is 0.302 e. The van der Waals surface area contributed by atoms with Crippen molar-refractivity contribution in [3.8, 4) is 11.3 Å². The number of benzene rings is 4. The maximum atomic E-state index is 2.60. The summed E-state index contributed by atoms with van der Waals surface area (Å²) in [4.78, 5) is 0. The van der Waals surface area contributed by atoms with Crippen LogP contribution in [0.2, 0.25) is 13.6 Å². The van der Waals surface area contributed by atoms with Gasteiger partial charge < -0.3 is 4.48 Å². The van der Waals surface area contributed by atoms with Crippen LogP contribution in [0.25, 0.3) is 43.7 Å². The highest BCUT2D eigenvalue weighted by Gasteiger charge is 2.42. The first-order valence-corrected chi connectivity index (χ1v) is 9.79. The molecule has 2 heterocycles. The number of para-hydroxylation sites is 1. The molecule has 0 N–H and O–H groups in total. The molecule has 0 bridgehead atoms. The van der Waals surface area contributed by atoms with E-state index in [1.165, 1.54) is 49.2 Å². The van der Waals surface area contributed by atoms with E-state index >= 15 is 0 Å². The third-order valence-electron chi connectivity index (χ3n) is 6.46. The standard InChI is InChI=1S/C25H20BN/c1-26(2)25-21-13-7-5-11-19(21)18-10-4-6-12-20(18)24(25)23-16-15-17-9-3-8-14-22(17)27(23)26/h3-16H,1-2H3. The molecule has 6 rings (SSSR count). The van der Waals surface area contributed by atoms with Crippen molar-refractivity contribution in [3.05, 3.63) is 84.9 Å². The fourth-order valence-corrected chi connectivity index (χ4v) is 5.43. The van der Waals surface area contributed by atoms with Gasteiger partial charge in [-0.15, -0.1) is 19.1 Å². The molecule has 27 heavy (non-hydrogen) atoms. The van der Waals surface area contributed by atoms with Crippen molar-refractivity contribution in [1.82, 2.24) is 0 Å². The second-order valence-corrected chi connectivity index (χ2v) is 8.33. The number of pyridine rings is 1. The largest absolute Gasteiger partial charge is 0.410 e. The zero-order valence-electron chi connectivity index (χ0n) is 15.6. The summed E-state index contributed by atoms with van der Waals surface area (Å²) in [5.74, 6) is 0. The predicted octanol–water partition coefficient (Wildman–Crippen LogP) is 5.37. The van der Waals surface area contributed by atoms with E-state index in [4.69, 9.17) is 0 Å². The van der Waals surface area contributed by atoms with Crippen molar-refractivity contribution in [2.75, 3.05) is 0 Å². The van der Waals surface area contributed by atoms with Crippen LogP contribution in [-0.2, 0) is 0 Å². The fourth-order valence-electron chi connectivity index (χ4n) is 5.43. The summed E-state index contributed by atoms with van der Waals surface area (Å²) in [6.07, 6.45) is -0.924. The molecule has 1 aliphatic heterocycles. The van der Waals surface area contributed by atoms with E-state index < -0.39 is 6.28 Å². The summed E-state index contributed by atoms with van der Waals surface area (Å²) < 4.78 is 2.60. The number of nitrogens with zero attached hydrogens (tertiary/aromatic N) is 1. The highest BCUT2D eigenvalue weighted by Crippen LogP contribution is 2.38. The Kier molecular flexibility index (Phi) is 2.76. The molecule has 0 fully saturated rings. The lowest BCUT2D eigenvalue weighted by Gasteiger charge is -2.24. The average molecular weight is 345 g/mol. The lowest BCUT2D eigenvalue weighted by Crippen LogP contribution is -2.64. The molecule has 0 unspecified atom stereocenters. The topological polar surface area (TPSA) is 3.88 Å². The van der Waals surface area contributed by atoms with Gasteiger partial charge in [-0.25, -0.2) is 0 Å². The quantitative estimate of drug-likeness (QED) is 0.262. The molecule has 2 heteroatoms. The molecule has 0 atom stereocenters. The zero-order valence-corrected chi connectivity index (χ0v) is 15.6. The number of hydrogen-bond acceptors (Lipinski definition) is 0. The molecule has 1 aliphatic rings. The summed E-state index contributed by atoms with van der Waals surface area (Å²) in [6, 6.07) is 31.1. The van der Waals surface area contributed by atoms with Gasteiger partial charge in [0.15, 0.2) is 11.2 Å². The maximum Gasteiger partial charge on any atom is 0.302 e. The Bertz CT molecular complexity index is 1400. The first kappa shape index (κ1) is 15.0. The minimum atomic E-state index is -0.924. The van der Waals surface area contributed by atoms with Gasteiger partial charge in [-0.2, -0.15) is 0 Å². The number of aromatic nitrogens is 1. The molecule has 0 radical (unpaired) electrons. The van der Waals surface area contributed by atoms with Crippen LogP contribution in [0.15, 0.2) is 84.9 Å². The molecule has 4 aromatic carbocycles. The lowest BCUT2D eigenvalue weighted by molar-refractivity contribution is -0.497. The van der Waals surface area contributed by atoms with Gasteiger partial charge in [-0.1, -0.05) is 60.7 Å². The van der Waals surface area contributed by atoms with E-state index in [1.807, 2.05) is 0 Å². The van der Waals surface area contributed by atoms with Crippen molar-refractivity contribution in [3.63, 3.8) is 0 Å². The van der Waals surface area contributed by atoms with Crippen molar-refractivity contribution < 1.29 is 4.48 Å². The number of hydrogen-bond donors (Lipinski definition) is 0. The van der Waals surface area contributed by atoms with Gasteiger partial charge in [0.05, 0.1) is 0 Å². The summed E-state index contributed by atoms with van der Waals surface area (Å²) in [6.45, 7) is 4.84. The van der Waals surface area contributed by atoms with E-state index in [-0.39, 0.29) is 0 Å². The third kappa shape index (κ3) is 1.78. The first-order valence-electron chi connectivity index (χ1n) is 9.79. The van der Waals surface area contributed by atoms with Crippen LogP contribution in [0.4, 0.5) is 0 Å². The molecular formula is C25H20BN. The molecular weight excluding hydrogens is 325 g/mol. The first-order chi connectivity index (χ1) is 13.2. The molecule has 0 spiro atoms. The Hall–Kier alpha value is -3.13. The van der Waals surface area contributed by atoms with Crippen molar-refractivity contribution in [2.45, 2.75) is 13.6 Å². The van der Waals surface area contributed by atoms with Crippen LogP contribution in [0, 0.1) is 0 Å². The van der Waals surface area contributed by atoms with Crippen LogP contribution in [0.5, 0.6) is 0 Å². The Balaban J connectivity index is 1.92. The molecule has 0 amide bonds. The molecule has 0 saturated carbocycles. The lowest BCUT2D eigenvalue weighted by atomic mass is 9.34. The summed E-state index contributed by atoms with van der Waals surface area (Å²) in [7, 11) is 0. The molecule has 1 aromatic heterocycles. The van der Waals surface area contributed by atoms with Gasteiger partial charge in [0.25, 0.3) is 0 Å². The molecule has 1 nitrogen and oxygen atoms in total. The van der Waals surface area contributed by atoms with Gasteiger partial charge in [-0.3, -0.25) is 0 Å². The summed E-state index contributed by atoms with van der Waals surface area (Å²) in [5, 5.41) is 6.77. The van der Waals surface area contributed by atoms with Crippen LogP contribution < -0.4 is 9.94 Å². The Morgan fingerprint density at radius 3 is 1.96 bits per heavy atom. The molecule has 5 aromatic rings. The minimum Gasteiger partial charge on any atom is -0.410 e. The van der Waals surface area contributed by atoms with E-state index in [9.17, 15) is 0 Å². The fraction of sp³-hybridized carbons (Fsp3) is 0.0800. The summed E-state index contributed by atoms with van der Waals surface area (Å²) >= 11 is 0. The van der Waals surface area contributed by atoms with Crippen molar-refractivity contribution in [1.29, 1.82) is 0 Å². The number of fused-ring (bicyclic) bond motifs is 10. The van der Waals surface area contributed by atoms with Gasteiger partial charge >= 0.3 is 6.28 Å². The van der Waals surface area contributed by atoms with Gasteiger partial charge in [0.1, 0.15) is 0 Å². The molecule has 0 saturated heterocycles. The second-order valence-electron chi connectivity index (χ2n) is 8.33. The van der Waals surface area contributed by atoms with Crippen LogP contribution in [0.1, 0.15) is 0 Å². The van der Waals surface area contributed by atoms with Crippen molar-refractivity contribution in [2.24, 2.45) is 0 Å². The highest BCUT2D eigenvalue weighted by molar-refractivity contribution is 6.87. The van der Waals surface area contributed by atoms with Gasteiger partial charge in [-0.05, 0) is 33.7 Å². The molecule has 0 aliphatic carbocycles. The van der Waals surface area contributed by atoms with Gasteiger partial charge in [0.2, 0.25) is 0 Å². The van der Waals surface area contributed by atoms with Gasteiger partial charge in [0, 0.05) is 23.1 Å². The Labute approximate surface area is 158 Å². The highest BCUT2D eigenvalue weighted by atomic mass is 15.0. The zero-order chi connectivity index (χ0) is 18.2. The van der Waals surface area contributed by atoms with Crippen LogP contribution in [0.3, 0.4) is 0 Å². The average Bonchev–Trinajstić information content (AvgIpc) is 2.96. The van der Waals surface area contributed by atoms with E-state index in [1.54, 1.807) is 0 Å². The molecule has 128 valence electrons. The Morgan fingerprint density at radius 2 is 1.19 bits per heavy atom. The van der Waals surface area contributed by atoms with Crippen molar-refractivity contribution >= 4 is 44.2 Å². The Morgan fingerprint density at radius 1 is 0.593 bits per heavy atom. The third-order valence-corrected chi connectivity index (χ3v) is 6.46. The number of rotatable bonds is 0. The SMILES string of the molecule is C[B-]1(C)c2c(c3ccccc3c3ccccc23)-c2ccc3ccccc3[n+]21. The van der Waals surface area contributed by atoms with E-state index in [0.717, 1.165) is 0 Å². The normalized spacial score (nSPS) is 14.6. The predicted molar refractivity (Wildman–Crippen MR) is 117 cm³/mol. The van der Waals surface area contributed by atoms with E-state index in [0.29, 0.717) is 0 Å². The second kappa shape index (κ2) is 4.98. The van der Waals surface area contributed by atoms with Crippen LogP contribution in [-0.4, -0.2) is 6.28 Å². The van der Waals surface area contributed by atoms with Crippen LogP contribution >= 0.6 is 0 Å². The minimum absolute atomic E-state index is 0.924. The maximum absolute atomic E-state index is 2.60. The van der Waals surface area contributed by atoms with E-state index in [2.05, 4.69) is 103 Å². The summed E-state index contributed by atoms with van der Waals surface area (Å²) in [5.41, 5.74) is 5.58.